The van der Waals surface area contributed by atoms with Crippen LogP contribution in [0.4, 0.5) is 0 Å². The Kier molecular flexibility index (Phi) is 5.05. The highest BCUT2D eigenvalue weighted by Gasteiger charge is 2.32. The van der Waals surface area contributed by atoms with E-state index in [9.17, 15) is 4.79 Å². The van der Waals surface area contributed by atoms with Crippen molar-refractivity contribution in [2.75, 3.05) is 24.7 Å². The summed E-state index contributed by atoms with van der Waals surface area (Å²) < 4.78 is 1.49. The highest BCUT2D eigenvalue weighted by molar-refractivity contribution is 7.99. The van der Waals surface area contributed by atoms with Gasteiger partial charge in [0.1, 0.15) is 0 Å². The summed E-state index contributed by atoms with van der Waals surface area (Å²) in [7, 11) is 0. The number of thioether (sulfide) groups is 1. The number of nitrogens with one attached hydrogen (secondary N) is 1. The van der Waals surface area contributed by atoms with E-state index in [4.69, 9.17) is 5.84 Å². The lowest BCUT2D eigenvalue weighted by Crippen LogP contribution is -2.45. The molecule has 1 aromatic rings. The summed E-state index contributed by atoms with van der Waals surface area (Å²) >= 11 is 1.34. The summed E-state index contributed by atoms with van der Waals surface area (Å²) in [6.07, 6.45) is 4.80. The Morgan fingerprint density at radius 1 is 1.25 bits per heavy atom. The molecule has 24 heavy (non-hydrogen) atoms. The van der Waals surface area contributed by atoms with Crippen molar-refractivity contribution in [2.45, 2.75) is 69.1 Å². The van der Waals surface area contributed by atoms with Gasteiger partial charge < -0.3 is 16.1 Å². The van der Waals surface area contributed by atoms with Crippen LogP contribution in [0, 0.1) is 0 Å². The minimum Gasteiger partial charge on any atom is -0.353 e. The first kappa shape index (κ1) is 17.5. The number of nitrogens with zero attached hydrogens (tertiary/aromatic N) is 4. The molecule has 8 heteroatoms. The van der Waals surface area contributed by atoms with Gasteiger partial charge in [-0.25, -0.2) is 4.68 Å². The molecule has 1 aliphatic carbocycles. The Hall–Kier alpha value is -1.28. The van der Waals surface area contributed by atoms with Crippen molar-refractivity contribution >= 4 is 17.7 Å². The average Bonchev–Trinajstić information content (AvgIpc) is 3.28. The Morgan fingerprint density at radius 3 is 2.46 bits per heavy atom. The van der Waals surface area contributed by atoms with Gasteiger partial charge in [0.2, 0.25) is 11.1 Å². The van der Waals surface area contributed by atoms with Crippen molar-refractivity contribution in [3.05, 3.63) is 5.82 Å². The number of aromatic nitrogens is 3. The van der Waals surface area contributed by atoms with Crippen LogP contribution in [0.2, 0.25) is 0 Å². The minimum atomic E-state index is -0.168. The van der Waals surface area contributed by atoms with Crippen molar-refractivity contribution in [1.29, 1.82) is 0 Å². The number of carbonyl (C=O) groups excluding carboxylic acids is 1. The SMILES string of the molecule is CC(C)(C)c1nnc(SCC(=O)NC2CCN(C3CC3)CC2)n1N. The van der Waals surface area contributed by atoms with Crippen molar-refractivity contribution < 1.29 is 4.79 Å². The Labute approximate surface area is 147 Å². The lowest BCUT2D eigenvalue weighted by Gasteiger charge is -2.32. The number of hydrogen-bond acceptors (Lipinski definition) is 6. The molecule has 134 valence electrons. The summed E-state index contributed by atoms with van der Waals surface area (Å²) in [6, 6.07) is 1.12. The molecule has 1 amide bonds. The molecule has 0 bridgehead atoms. The third-order valence-corrected chi connectivity index (χ3v) is 5.57. The lowest BCUT2D eigenvalue weighted by atomic mass is 9.96. The van der Waals surface area contributed by atoms with E-state index in [2.05, 4.69) is 20.4 Å². The average molecular weight is 353 g/mol. The predicted octanol–water partition coefficient (Wildman–Crippen LogP) is 1.12. The summed E-state index contributed by atoms with van der Waals surface area (Å²) in [6.45, 7) is 8.32. The second-order valence-corrected chi connectivity index (χ2v) is 8.77. The summed E-state index contributed by atoms with van der Waals surface area (Å²) in [5.41, 5.74) is -0.168. The van der Waals surface area contributed by atoms with Crippen LogP contribution < -0.4 is 11.2 Å². The molecular formula is C16H28N6OS. The molecule has 0 spiro atoms. The van der Waals surface area contributed by atoms with Crippen LogP contribution in [0.1, 0.15) is 52.3 Å². The van der Waals surface area contributed by atoms with Gasteiger partial charge >= 0.3 is 0 Å². The standard InChI is InChI=1S/C16H28N6OS/c1-16(2,3)14-19-20-15(22(14)17)24-10-13(23)18-11-6-8-21(9-7-11)12-4-5-12/h11-12H,4-10,17H2,1-3H3,(H,18,23). The number of amides is 1. The van der Waals surface area contributed by atoms with Crippen LogP contribution in [-0.4, -0.2) is 56.6 Å². The topological polar surface area (TPSA) is 89.1 Å². The summed E-state index contributed by atoms with van der Waals surface area (Å²) in [4.78, 5) is 14.7. The molecule has 2 heterocycles. The van der Waals surface area contributed by atoms with Crippen molar-refractivity contribution in [3.8, 4) is 0 Å². The number of piperidine rings is 1. The van der Waals surface area contributed by atoms with Gasteiger partial charge in [0, 0.05) is 30.6 Å². The first-order valence-electron chi connectivity index (χ1n) is 8.72. The largest absolute Gasteiger partial charge is 0.353 e. The molecule has 3 N–H and O–H groups in total. The van der Waals surface area contributed by atoms with E-state index in [1.165, 1.54) is 29.3 Å². The lowest BCUT2D eigenvalue weighted by molar-refractivity contribution is -0.119. The fourth-order valence-corrected chi connectivity index (χ4v) is 3.80. The second kappa shape index (κ2) is 6.92. The zero-order valence-electron chi connectivity index (χ0n) is 14.8. The van der Waals surface area contributed by atoms with Crippen LogP contribution in [0.3, 0.4) is 0 Å². The van der Waals surface area contributed by atoms with Gasteiger partial charge in [0.05, 0.1) is 5.75 Å². The van der Waals surface area contributed by atoms with Gasteiger partial charge in [-0.15, -0.1) is 10.2 Å². The molecule has 1 aromatic heterocycles. The monoisotopic (exact) mass is 352 g/mol. The Morgan fingerprint density at radius 2 is 1.92 bits per heavy atom. The van der Waals surface area contributed by atoms with E-state index in [0.29, 0.717) is 17.0 Å². The van der Waals surface area contributed by atoms with E-state index in [1.807, 2.05) is 20.8 Å². The van der Waals surface area contributed by atoms with E-state index in [1.54, 1.807) is 0 Å². The number of likely N-dealkylation sites (tertiary alicyclic amines) is 1. The molecule has 1 saturated heterocycles. The zero-order valence-corrected chi connectivity index (χ0v) is 15.6. The molecule has 0 aromatic carbocycles. The molecule has 0 radical (unpaired) electrons. The van der Waals surface area contributed by atoms with Crippen molar-refractivity contribution in [3.63, 3.8) is 0 Å². The smallest absolute Gasteiger partial charge is 0.230 e. The number of rotatable bonds is 5. The third kappa shape index (κ3) is 4.22. The second-order valence-electron chi connectivity index (χ2n) is 7.82. The maximum Gasteiger partial charge on any atom is 0.230 e. The summed E-state index contributed by atoms with van der Waals surface area (Å²) in [5, 5.41) is 12.0. The molecule has 1 aliphatic heterocycles. The number of nitrogen functional groups attached to an aromatic ring is 1. The first-order chi connectivity index (χ1) is 11.3. The van der Waals surface area contributed by atoms with E-state index in [0.717, 1.165) is 37.8 Å². The third-order valence-electron chi connectivity index (χ3n) is 4.63. The fraction of sp³-hybridized carbons (Fsp3) is 0.812. The van der Waals surface area contributed by atoms with Crippen LogP contribution in [0.25, 0.3) is 0 Å². The van der Waals surface area contributed by atoms with Gasteiger partial charge in [-0.2, -0.15) is 0 Å². The zero-order chi connectivity index (χ0) is 17.3. The maximum absolute atomic E-state index is 12.2. The maximum atomic E-state index is 12.2. The number of nitrogens with two attached hydrogens (primary N) is 1. The van der Waals surface area contributed by atoms with Gasteiger partial charge in [-0.3, -0.25) is 4.79 Å². The van der Waals surface area contributed by atoms with E-state index < -0.39 is 0 Å². The molecule has 2 aliphatic rings. The predicted molar refractivity (Wildman–Crippen MR) is 95.4 cm³/mol. The van der Waals surface area contributed by atoms with Gasteiger partial charge in [-0.1, -0.05) is 32.5 Å². The number of hydrogen-bond donors (Lipinski definition) is 2. The molecule has 0 atom stereocenters. The van der Waals surface area contributed by atoms with Gasteiger partial charge in [-0.05, 0) is 25.7 Å². The Bertz CT molecular complexity index is 584. The van der Waals surface area contributed by atoms with Gasteiger partial charge in [0.15, 0.2) is 5.82 Å². The summed E-state index contributed by atoms with van der Waals surface area (Å²) in [5.74, 6) is 7.13. The highest BCUT2D eigenvalue weighted by atomic mass is 32.2. The molecular weight excluding hydrogens is 324 g/mol. The molecule has 1 saturated carbocycles. The molecule has 2 fully saturated rings. The Balaban J connectivity index is 1.43. The van der Waals surface area contributed by atoms with Crippen LogP contribution >= 0.6 is 11.8 Å². The normalized spacial score (nSPS) is 20.3. The molecule has 3 rings (SSSR count). The first-order valence-corrected chi connectivity index (χ1v) is 9.70. The number of carbonyl (C=O) groups is 1. The van der Waals surface area contributed by atoms with E-state index in [-0.39, 0.29) is 11.3 Å². The van der Waals surface area contributed by atoms with Crippen LogP contribution in [-0.2, 0) is 10.2 Å². The van der Waals surface area contributed by atoms with Crippen LogP contribution in [0.5, 0.6) is 0 Å². The highest BCUT2D eigenvalue weighted by Crippen LogP contribution is 2.29. The van der Waals surface area contributed by atoms with Crippen LogP contribution in [0.15, 0.2) is 5.16 Å². The van der Waals surface area contributed by atoms with Crippen molar-refractivity contribution in [1.82, 2.24) is 25.1 Å². The molecule has 7 nitrogen and oxygen atoms in total. The molecule has 0 unspecified atom stereocenters. The van der Waals surface area contributed by atoms with E-state index >= 15 is 0 Å². The van der Waals surface area contributed by atoms with Crippen molar-refractivity contribution in [2.24, 2.45) is 0 Å². The quantitative estimate of drug-likeness (QED) is 0.610. The fourth-order valence-electron chi connectivity index (χ4n) is 3.13. The minimum absolute atomic E-state index is 0.0465. The van der Waals surface area contributed by atoms with Gasteiger partial charge in [0.25, 0.3) is 0 Å².